The molecule has 3 aromatic rings. The Kier molecular flexibility index (Phi) is 6.49. The second-order valence-corrected chi connectivity index (χ2v) is 6.13. The van der Waals surface area contributed by atoms with Crippen LogP contribution in [0.25, 0.3) is 11.3 Å². The molecule has 3 rings (SSSR count). The molecule has 0 saturated carbocycles. The van der Waals surface area contributed by atoms with Gasteiger partial charge in [0.15, 0.2) is 17.2 Å². The number of rotatable bonds is 8. The number of H-pyrrole nitrogens is 1. The molecule has 0 bridgehead atoms. The van der Waals surface area contributed by atoms with Gasteiger partial charge in [0.2, 0.25) is 0 Å². The van der Waals surface area contributed by atoms with Gasteiger partial charge in [-0.15, -0.1) is 5.10 Å². The van der Waals surface area contributed by atoms with Crippen molar-refractivity contribution in [1.29, 1.82) is 0 Å². The van der Waals surface area contributed by atoms with Crippen LogP contribution in [-0.4, -0.2) is 34.6 Å². The van der Waals surface area contributed by atoms with Gasteiger partial charge in [0.05, 0.1) is 18.2 Å². The van der Waals surface area contributed by atoms with E-state index in [4.69, 9.17) is 25.8 Å². The van der Waals surface area contributed by atoms with E-state index in [0.717, 1.165) is 5.56 Å². The summed E-state index contributed by atoms with van der Waals surface area (Å²) in [5.74, 6) is 0.418. The van der Waals surface area contributed by atoms with Crippen molar-refractivity contribution in [3.05, 3.63) is 58.7 Å². The zero-order chi connectivity index (χ0) is 19.9. The summed E-state index contributed by atoms with van der Waals surface area (Å²) in [6.07, 6.45) is 0. The maximum Gasteiger partial charge on any atom is 0.361 e. The molecule has 0 unspecified atom stereocenters. The summed E-state index contributed by atoms with van der Waals surface area (Å²) in [6, 6.07) is 13.1. The number of carbonyl (C=O) groups is 1. The lowest BCUT2D eigenvalue weighted by Gasteiger charge is -2.14. The third kappa shape index (κ3) is 4.43. The van der Waals surface area contributed by atoms with E-state index in [1.165, 1.54) is 0 Å². The van der Waals surface area contributed by atoms with E-state index in [2.05, 4.69) is 15.4 Å². The van der Waals surface area contributed by atoms with Gasteiger partial charge < -0.3 is 14.2 Å². The van der Waals surface area contributed by atoms with E-state index in [-0.39, 0.29) is 12.3 Å². The van der Waals surface area contributed by atoms with Crippen molar-refractivity contribution >= 4 is 17.6 Å². The van der Waals surface area contributed by atoms with Crippen LogP contribution in [0.4, 0.5) is 0 Å². The first-order chi connectivity index (χ1) is 13.6. The highest BCUT2D eigenvalue weighted by atomic mass is 35.5. The summed E-state index contributed by atoms with van der Waals surface area (Å²) >= 11 is 6.46. The van der Waals surface area contributed by atoms with Gasteiger partial charge in [-0.2, -0.15) is 10.3 Å². The number of hydrogen-bond acceptors (Lipinski definition) is 6. The first-order valence-corrected chi connectivity index (χ1v) is 9.23. The zero-order valence-corrected chi connectivity index (χ0v) is 16.3. The van der Waals surface area contributed by atoms with Crippen LogP contribution in [0, 0.1) is 0 Å². The number of halogens is 1. The van der Waals surface area contributed by atoms with Crippen LogP contribution in [0.1, 0.15) is 29.9 Å². The Balaban J connectivity index is 1.93. The van der Waals surface area contributed by atoms with E-state index < -0.39 is 5.97 Å². The Morgan fingerprint density at radius 3 is 2.50 bits per heavy atom. The van der Waals surface area contributed by atoms with Gasteiger partial charge in [-0.25, -0.2) is 4.79 Å². The quantitative estimate of drug-likeness (QED) is 0.567. The van der Waals surface area contributed by atoms with Crippen LogP contribution in [0.2, 0.25) is 5.02 Å². The lowest BCUT2D eigenvalue weighted by molar-refractivity contribution is 0.0520. The lowest BCUT2D eigenvalue weighted by Crippen LogP contribution is -2.07. The average Bonchev–Trinajstić information content (AvgIpc) is 3.18. The monoisotopic (exact) mass is 401 g/mol. The Morgan fingerprint density at radius 2 is 1.79 bits per heavy atom. The van der Waals surface area contributed by atoms with Crippen LogP contribution >= 0.6 is 11.6 Å². The summed E-state index contributed by atoms with van der Waals surface area (Å²) < 4.78 is 16.6. The first-order valence-electron chi connectivity index (χ1n) is 8.85. The molecule has 0 atom stereocenters. The van der Waals surface area contributed by atoms with Crippen LogP contribution < -0.4 is 9.47 Å². The van der Waals surface area contributed by atoms with Crippen molar-refractivity contribution in [2.45, 2.75) is 20.5 Å². The van der Waals surface area contributed by atoms with Gasteiger partial charge in [-0.05, 0) is 25.5 Å². The number of aromatic amines is 1. The van der Waals surface area contributed by atoms with Crippen molar-refractivity contribution in [3.63, 3.8) is 0 Å². The van der Waals surface area contributed by atoms with E-state index in [1.54, 1.807) is 19.1 Å². The van der Waals surface area contributed by atoms with Crippen molar-refractivity contribution in [1.82, 2.24) is 15.4 Å². The van der Waals surface area contributed by atoms with Gasteiger partial charge in [-0.3, -0.25) is 0 Å². The number of nitrogens with one attached hydrogen (secondary N) is 1. The Morgan fingerprint density at radius 1 is 1.04 bits per heavy atom. The third-order valence-electron chi connectivity index (χ3n) is 3.84. The molecule has 0 aliphatic heterocycles. The van der Waals surface area contributed by atoms with Crippen LogP contribution in [0.3, 0.4) is 0 Å². The molecule has 0 aliphatic carbocycles. The molecule has 146 valence electrons. The molecule has 1 heterocycles. The minimum atomic E-state index is -0.579. The van der Waals surface area contributed by atoms with Gasteiger partial charge >= 0.3 is 5.97 Å². The fourth-order valence-corrected chi connectivity index (χ4v) is 2.84. The number of benzene rings is 2. The number of carbonyl (C=O) groups excluding carboxylic acids is 1. The van der Waals surface area contributed by atoms with Crippen LogP contribution in [-0.2, 0) is 11.3 Å². The predicted octanol–water partition coefficient (Wildman–Crippen LogP) is 4.28. The number of esters is 1. The summed E-state index contributed by atoms with van der Waals surface area (Å²) in [7, 11) is 0. The number of ether oxygens (including phenoxy) is 3. The van der Waals surface area contributed by atoms with Gasteiger partial charge in [0.1, 0.15) is 12.3 Å². The summed E-state index contributed by atoms with van der Waals surface area (Å²) in [4.78, 5) is 12.1. The van der Waals surface area contributed by atoms with Crippen molar-refractivity contribution in [3.8, 4) is 22.8 Å². The maximum absolute atomic E-state index is 12.1. The molecule has 28 heavy (non-hydrogen) atoms. The van der Waals surface area contributed by atoms with Crippen LogP contribution in [0.5, 0.6) is 11.5 Å². The summed E-state index contributed by atoms with van der Waals surface area (Å²) in [6.45, 7) is 4.63. The van der Waals surface area contributed by atoms with E-state index in [9.17, 15) is 4.79 Å². The highest BCUT2D eigenvalue weighted by Gasteiger charge is 2.23. The molecular weight excluding hydrogens is 382 g/mol. The molecule has 1 N–H and O–H groups in total. The first kappa shape index (κ1) is 19.7. The second kappa shape index (κ2) is 9.23. The van der Waals surface area contributed by atoms with Crippen LogP contribution in [0.15, 0.2) is 42.5 Å². The molecule has 0 saturated heterocycles. The smallest absolute Gasteiger partial charge is 0.361 e. The summed E-state index contributed by atoms with van der Waals surface area (Å²) in [5, 5.41) is 10.7. The normalized spacial score (nSPS) is 10.5. The molecule has 0 radical (unpaired) electrons. The van der Waals surface area contributed by atoms with E-state index in [1.807, 2.05) is 37.3 Å². The topological polar surface area (TPSA) is 86.3 Å². The maximum atomic E-state index is 12.1. The summed E-state index contributed by atoms with van der Waals surface area (Å²) in [5.41, 5.74) is 1.86. The molecule has 8 heteroatoms. The largest absolute Gasteiger partial charge is 0.490 e. The van der Waals surface area contributed by atoms with Gasteiger partial charge in [-0.1, -0.05) is 41.9 Å². The minimum absolute atomic E-state index is 0.0594. The highest BCUT2D eigenvalue weighted by Crippen LogP contribution is 2.39. The minimum Gasteiger partial charge on any atom is -0.490 e. The highest BCUT2D eigenvalue weighted by molar-refractivity contribution is 6.33. The number of aromatic nitrogens is 3. The standard InChI is InChI=1S/C20H20ClN3O4/c1-3-26-16-10-14(18-19(23-24-22-18)20(25)27-4-2)15(21)11-17(16)28-12-13-8-6-5-7-9-13/h5-11H,3-4,12H2,1-2H3,(H,22,23,24). The SMILES string of the molecule is CCOC(=O)c1n[nH]nc1-c1cc(OCC)c(OCc2ccccc2)cc1Cl. The average molecular weight is 402 g/mol. The molecule has 0 spiro atoms. The van der Waals surface area contributed by atoms with Gasteiger partial charge in [0.25, 0.3) is 0 Å². The van der Waals surface area contributed by atoms with E-state index >= 15 is 0 Å². The molecule has 0 fully saturated rings. The molecule has 2 aromatic carbocycles. The lowest BCUT2D eigenvalue weighted by atomic mass is 10.1. The number of nitrogens with zero attached hydrogens (tertiary/aromatic N) is 2. The fourth-order valence-electron chi connectivity index (χ4n) is 2.59. The number of hydrogen-bond donors (Lipinski definition) is 1. The molecule has 0 aliphatic rings. The Bertz CT molecular complexity index is 944. The third-order valence-corrected chi connectivity index (χ3v) is 4.15. The van der Waals surface area contributed by atoms with Crippen molar-refractivity contribution in [2.75, 3.05) is 13.2 Å². The van der Waals surface area contributed by atoms with Crippen molar-refractivity contribution in [2.24, 2.45) is 0 Å². The van der Waals surface area contributed by atoms with Gasteiger partial charge in [0, 0.05) is 11.6 Å². The zero-order valence-electron chi connectivity index (χ0n) is 15.6. The molecule has 1 aromatic heterocycles. The predicted molar refractivity (Wildman–Crippen MR) is 105 cm³/mol. The molecule has 0 amide bonds. The Labute approximate surface area is 167 Å². The molecule has 7 nitrogen and oxygen atoms in total. The molecular formula is C20H20ClN3O4. The van der Waals surface area contributed by atoms with Crippen molar-refractivity contribution < 1.29 is 19.0 Å². The second-order valence-electron chi connectivity index (χ2n) is 5.73. The van der Waals surface area contributed by atoms with E-state index in [0.29, 0.717) is 41.0 Å². The Hall–Kier alpha value is -3.06. The fraction of sp³-hybridized carbons (Fsp3) is 0.250.